The summed E-state index contributed by atoms with van der Waals surface area (Å²) in [7, 11) is 0. The largest absolute Gasteiger partial charge is 0.459 e. The predicted octanol–water partition coefficient (Wildman–Crippen LogP) is 3.13. The normalized spacial score (nSPS) is 12.4. The van der Waals surface area contributed by atoms with E-state index in [2.05, 4.69) is 28.2 Å². The van der Waals surface area contributed by atoms with Crippen molar-refractivity contribution in [3.63, 3.8) is 0 Å². The number of aryl methyl sites for hydroxylation is 1. The first kappa shape index (κ1) is 13.3. The minimum Gasteiger partial charge on any atom is -0.459 e. The topological polar surface area (TPSA) is 42.2 Å². The number of nitrogens with one attached hydrogen (secondary N) is 1. The van der Waals surface area contributed by atoms with Crippen molar-refractivity contribution in [3.05, 3.63) is 23.7 Å². The van der Waals surface area contributed by atoms with Crippen molar-refractivity contribution in [2.75, 3.05) is 11.9 Å². The lowest BCUT2D eigenvalue weighted by Gasteiger charge is -2.13. The van der Waals surface area contributed by atoms with Gasteiger partial charge in [-0.3, -0.25) is 4.79 Å². The van der Waals surface area contributed by atoms with Crippen LogP contribution in [0, 0.1) is 12.8 Å². The second kappa shape index (κ2) is 6.74. The molecule has 1 unspecified atom stereocenters. The van der Waals surface area contributed by atoms with Gasteiger partial charge in [0.1, 0.15) is 0 Å². The number of furan rings is 1. The quantitative estimate of drug-likeness (QED) is 0.817. The van der Waals surface area contributed by atoms with E-state index in [4.69, 9.17) is 4.42 Å². The zero-order valence-corrected chi connectivity index (χ0v) is 11.3. The van der Waals surface area contributed by atoms with Gasteiger partial charge in [0.05, 0.1) is 6.26 Å². The van der Waals surface area contributed by atoms with Gasteiger partial charge < -0.3 is 9.73 Å². The van der Waals surface area contributed by atoms with Gasteiger partial charge in [-0.2, -0.15) is 0 Å². The van der Waals surface area contributed by atoms with Gasteiger partial charge in [0, 0.05) is 17.4 Å². The predicted molar refractivity (Wildman–Crippen MR) is 68.0 cm³/mol. The Morgan fingerprint density at radius 2 is 2.38 bits per heavy atom. The van der Waals surface area contributed by atoms with Crippen molar-refractivity contribution in [3.8, 4) is 0 Å². The molecule has 1 amide bonds. The number of alkyl halides is 1. The molecule has 0 saturated carbocycles. The average molecular weight is 288 g/mol. The lowest BCUT2D eigenvalue weighted by molar-refractivity contribution is 0.0918. The molecule has 1 N–H and O–H groups in total. The van der Waals surface area contributed by atoms with Crippen LogP contribution in [0.4, 0.5) is 0 Å². The van der Waals surface area contributed by atoms with Crippen LogP contribution in [0.5, 0.6) is 0 Å². The summed E-state index contributed by atoms with van der Waals surface area (Å²) in [5.74, 6) is 0.836. The molecular weight excluding hydrogens is 270 g/mol. The number of halogens is 1. The third-order valence-corrected chi connectivity index (χ3v) is 3.17. The fourth-order valence-corrected chi connectivity index (χ4v) is 2.17. The zero-order valence-electron chi connectivity index (χ0n) is 9.75. The van der Waals surface area contributed by atoms with Crippen LogP contribution >= 0.6 is 15.9 Å². The first-order valence-corrected chi connectivity index (χ1v) is 6.69. The van der Waals surface area contributed by atoms with Gasteiger partial charge in [-0.05, 0) is 25.3 Å². The number of hydrogen-bond acceptors (Lipinski definition) is 2. The maximum atomic E-state index is 11.7. The molecule has 0 aliphatic carbocycles. The van der Waals surface area contributed by atoms with Crippen molar-refractivity contribution in [1.82, 2.24) is 5.32 Å². The highest BCUT2D eigenvalue weighted by Crippen LogP contribution is 2.11. The lowest BCUT2D eigenvalue weighted by atomic mass is 10.0. The smallest absolute Gasteiger partial charge is 0.287 e. The molecular formula is C12H18BrNO2. The van der Waals surface area contributed by atoms with Crippen molar-refractivity contribution in [2.45, 2.75) is 26.7 Å². The molecule has 0 aliphatic rings. The summed E-state index contributed by atoms with van der Waals surface area (Å²) in [6.07, 6.45) is 3.69. The first-order valence-electron chi connectivity index (χ1n) is 5.57. The standard InChI is InChI=1S/C12H18BrNO2/c1-3-10(4-6-13)8-14-12(15)11-9(2)5-7-16-11/h5,7,10H,3-4,6,8H2,1-2H3,(H,14,15). The van der Waals surface area contributed by atoms with Crippen LogP contribution in [0.1, 0.15) is 35.9 Å². The van der Waals surface area contributed by atoms with Gasteiger partial charge in [0.25, 0.3) is 5.91 Å². The Balaban J connectivity index is 2.43. The Morgan fingerprint density at radius 3 is 2.88 bits per heavy atom. The molecule has 0 fully saturated rings. The van der Waals surface area contributed by atoms with E-state index >= 15 is 0 Å². The molecule has 0 spiro atoms. The number of hydrogen-bond donors (Lipinski definition) is 1. The summed E-state index contributed by atoms with van der Waals surface area (Å²) < 4.78 is 5.13. The summed E-state index contributed by atoms with van der Waals surface area (Å²) in [6.45, 7) is 4.72. The van der Waals surface area contributed by atoms with Crippen LogP contribution in [-0.4, -0.2) is 17.8 Å². The highest BCUT2D eigenvalue weighted by molar-refractivity contribution is 9.09. The van der Waals surface area contributed by atoms with Crippen LogP contribution in [-0.2, 0) is 0 Å². The highest BCUT2D eigenvalue weighted by Gasteiger charge is 2.13. The van der Waals surface area contributed by atoms with Crippen LogP contribution in [0.15, 0.2) is 16.7 Å². The highest BCUT2D eigenvalue weighted by atomic mass is 79.9. The molecule has 0 aliphatic heterocycles. The summed E-state index contributed by atoms with van der Waals surface area (Å²) in [5.41, 5.74) is 0.881. The Hall–Kier alpha value is -0.770. The van der Waals surface area contributed by atoms with Gasteiger partial charge in [0.15, 0.2) is 5.76 Å². The number of amides is 1. The average Bonchev–Trinajstić information content (AvgIpc) is 2.70. The first-order chi connectivity index (χ1) is 7.69. The minimum absolute atomic E-state index is 0.115. The van der Waals surface area contributed by atoms with E-state index in [9.17, 15) is 4.79 Å². The summed E-state index contributed by atoms with van der Waals surface area (Å²) >= 11 is 3.42. The molecule has 1 aromatic heterocycles. The molecule has 0 bridgehead atoms. The van der Waals surface area contributed by atoms with E-state index in [0.29, 0.717) is 18.2 Å². The molecule has 1 atom stereocenters. The van der Waals surface area contributed by atoms with E-state index in [-0.39, 0.29) is 5.91 Å². The van der Waals surface area contributed by atoms with Gasteiger partial charge in [-0.15, -0.1) is 0 Å². The molecule has 0 radical (unpaired) electrons. The van der Waals surface area contributed by atoms with Crippen molar-refractivity contribution >= 4 is 21.8 Å². The van der Waals surface area contributed by atoms with Crippen molar-refractivity contribution in [1.29, 1.82) is 0 Å². The second-order valence-corrected chi connectivity index (χ2v) is 4.69. The molecule has 4 heteroatoms. The fraction of sp³-hybridized carbons (Fsp3) is 0.583. The van der Waals surface area contributed by atoms with E-state index in [1.54, 1.807) is 12.3 Å². The monoisotopic (exact) mass is 287 g/mol. The maximum absolute atomic E-state index is 11.7. The number of carbonyl (C=O) groups is 1. The SMILES string of the molecule is CCC(CCBr)CNC(=O)c1occc1C. The van der Waals surface area contributed by atoms with Gasteiger partial charge in [-0.1, -0.05) is 29.3 Å². The van der Waals surface area contributed by atoms with E-state index < -0.39 is 0 Å². The van der Waals surface area contributed by atoms with Gasteiger partial charge >= 0.3 is 0 Å². The van der Waals surface area contributed by atoms with Crippen LogP contribution in [0.25, 0.3) is 0 Å². The lowest BCUT2D eigenvalue weighted by Crippen LogP contribution is -2.29. The van der Waals surface area contributed by atoms with Crippen LogP contribution in [0.2, 0.25) is 0 Å². The molecule has 1 aromatic rings. The Kier molecular flexibility index (Phi) is 5.60. The fourth-order valence-electron chi connectivity index (χ4n) is 1.53. The molecule has 0 saturated heterocycles. The second-order valence-electron chi connectivity index (χ2n) is 3.89. The molecule has 0 aromatic carbocycles. The minimum atomic E-state index is -0.115. The summed E-state index contributed by atoms with van der Waals surface area (Å²) in [4.78, 5) is 11.7. The molecule has 90 valence electrons. The molecule has 1 rings (SSSR count). The zero-order chi connectivity index (χ0) is 12.0. The third-order valence-electron chi connectivity index (χ3n) is 2.71. The van der Waals surface area contributed by atoms with Crippen LogP contribution in [0.3, 0.4) is 0 Å². The maximum Gasteiger partial charge on any atom is 0.287 e. The van der Waals surface area contributed by atoms with Crippen molar-refractivity contribution in [2.24, 2.45) is 5.92 Å². The van der Waals surface area contributed by atoms with E-state index in [0.717, 1.165) is 23.7 Å². The van der Waals surface area contributed by atoms with Gasteiger partial charge in [-0.25, -0.2) is 0 Å². The van der Waals surface area contributed by atoms with E-state index in [1.807, 2.05) is 6.92 Å². The van der Waals surface area contributed by atoms with E-state index in [1.165, 1.54) is 0 Å². The van der Waals surface area contributed by atoms with Gasteiger partial charge in [0.2, 0.25) is 0 Å². The Labute approximate surface area is 105 Å². The molecule has 16 heavy (non-hydrogen) atoms. The number of carbonyl (C=O) groups excluding carboxylic acids is 1. The molecule has 3 nitrogen and oxygen atoms in total. The molecule has 1 heterocycles. The Bertz CT molecular complexity index is 336. The Morgan fingerprint density at radius 1 is 1.62 bits per heavy atom. The number of rotatable bonds is 6. The van der Waals surface area contributed by atoms with Crippen LogP contribution < -0.4 is 5.32 Å². The summed E-state index contributed by atoms with van der Waals surface area (Å²) in [5, 5.41) is 3.88. The summed E-state index contributed by atoms with van der Waals surface area (Å²) in [6, 6.07) is 1.80. The van der Waals surface area contributed by atoms with Crippen molar-refractivity contribution < 1.29 is 9.21 Å². The third kappa shape index (κ3) is 3.67.